The molecule has 1 aromatic heterocycles. The molecule has 0 saturated carbocycles. The van der Waals surface area contributed by atoms with Crippen molar-refractivity contribution in [2.45, 2.75) is 18.9 Å². The summed E-state index contributed by atoms with van der Waals surface area (Å²) in [5.41, 5.74) is 2.11. The molecule has 24 heavy (non-hydrogen) atoms. The number of imidazole rings is 1. The lowest BCUT2D eigenvalue weighted by Gasteiger charge is -2.25. The van der Waals surface area contributed by atoms with Gasteiger partial charge in [0.05, 0.1) is 6.33 Å². The molecule has 0 bridgehead atoms. The Morgan fingerprint density at radius 1 is 1.29 bits per heavy atom. The fourth-order valence-electron chi connectivity index (χ4n) is 2.35. The van der Waals surface area contributed by atoms with Crippen molar-refractivity contribution in [1.82, 2.24) is 25.5 Å². The zero-order valence-corrected chi connectivity index (χ0v) is 14.1. The number of carbonyl (C=O) groups excluding carboxylic acids is 1. The average Bonchev–Trinajstić information content (AvgIpc) is 3.06. The molecule has 0 aliphatic carbocycles. The predicted molar refractivity (Wildman–Crippen MR) is 93.0 cm³/mol. The van der Waals surface area contributed by atoms with E-state index < -0.39 is 0 Å². The molecule has 2 rings (SSSR count). The van der Waals surface area contributed by atoms with E-state index in [9.17, 15) is 9.90 Å². The predicted octanol–water partition coefficient (Wildman–Crippen LogP) is 1.13. The van der Waals surface area contributed by atoms with E-state index in [2.05, 4.69) is 25.5 Å². The van der Waals surface area contributed by atoms with Gasteiger partial charge in [0.15, 0.2) is 0 Å². The largest absolute Gasteiger partial charge is 0.508 e. The van der Waals surface area contributed by atoms with Crippen LogP contribution in [0, 0.1) is 0 Å². The molecule has 1 atom stereocenters. The van der Waals surface area contributed by atoms with Crippen molar-refractivity contribution < 1.29 is 9.90 Å². The summed E-state index contributed by atoms with van der Waals surface area (Å²) in [6, 6.07) is 7.15. The number of amides is 2. The molecule has 0 radical (unpaired) electrons. The molecule has 0 fully saturated rings. The molecule has 0 aliphatic heterocycles. The lowest BCUT2D eigenvalue weighted by Crippen LogP contribution is -2.45. The van der Waals surface area contributed by atoms with Gasteiger partial charge < -0.3 is 25.6 Å². The second-order valence-corrected chi connectivity index (χ2v) is 5.95. The van der Waals surface area contributed by atoms with Crippen LogP contribution in [0.15, 0.2) is 36.8 Å². The van der Waals surface area contributed by atoms with Crippen LogP contribution in [0.1, 0.15) is 11.3 Å². The van der Waals surface area contributed by atoms with Gasteiger partial charge in [-0.3, -0.25) is 0 Å². The second kappa shape index (κ2) is 8.93. The fraction of sp³-hybridized carbons (Fsp3) is 0.412. The lowest BCUT2D eigenvalue weighted by atomic mass is 10.1. The van der Waals surface area contributed by atoms with Crippen molar-refractivity contribution in [3.05, 3.63) is 48.0 Å². The maximum Gasteiger partial charge on any atom is 0.314 e. The highest BCUT2D eigenvalue weighted by molar-refractivity contribution is 5.73. The Balaban J connectivity index is 1.73. The monoisotopic (exact) mass is 331 g/mol. The number of phenols is 1. The Labute approximate surface area is 142 Å². The van der Waals surface area contributed by atoms with Crippen LogP contribution in [0.2, 0.25) is 0 Å². The van der Waals surface area contributed by atoms with Crippen LogP contribution in [-0.2, 0) is 12.8 Å². The summed E-state index contributed by atoms with van der Waals surface area (Å²) in [6.45, 7) is 1.10. The number of H-pyrrole nitrogens is 1. The zero-order chi connectivity index (χ0) is 17.4. The van der Waals surface area contributed by atoms with Crippen molar-refractivity contribution >= 4 is 6.03 Å². The number of likely N-dealkylation sites (N-methyl/N-ethyl adjacent to an activating group) is 1. The smallest absolute Gasteiger partial charge is 0.314 e. The number of aromatic nitrogens is 2. The number of aromatic amines is 1. The van der Waals surface area contributed by atoms with Crippen molar-refractivity contribution in [2.24, 2.45) is 0 Å². The Hall–Kier alpha value is -2.54. The molecule has 0 spiro atoms. The summed E-state index contributed by atoms with van der Waals surface area (Å²) < 4.78 is 0. The van der Waals surface area contributed by atoms with Gasteiger partial charge in [0.1, 0.15) is 5.75 Å². The summed E-state index contributed by atoms with van der Waals surface area (Å²) in [6.07, 6.45) is 4.89. The van der Waals surface area contributed by atoms with Gasteiger partial charge in [0.2, 0.25) is 0 Å². The first kappa shape index (κ1) is 17.8. The lowest BCUT2D eigenvalue weighted by molar-refractivity contribution is 0.232. The first-order valence-corrected chi connectivity index (χ1v) is 7.98. The van der Waals surface area contributed by atoms with E-state index in [1.165, 1.54) is 0 Å². The third kappa shape index (κ3) is 5.92. The minimum atomic E-state index is -0.174. The molecule has 4 N–H and O–H groups in total. The number of nitrogens with zero attached hydrogens (tertiary/aromatic N) is 2. The van der Waals surface area contributed by atoms with Crippen LogP contribution in [0.25, 0.3) is 0 Å². The number of hydrogen-bond donors (Lipinski definition) is 4. The van der Waals surface area contributed by atoms with Crippen molar-refractivity contribution in [2.75, 3.05) is 27.2 Å². The quantitative estimate of drug-likeness (QED) is 0.583. The summed E-state index contributed by atoms with van der Waals surface area (Å²) in [5, 5.41) is 15.1. The minimum absolute atomic E-state index is 0.174. The maximum absolute atomic E-state index is 11.9. The van der Waals surface area contributed by atoms with Crippen LogP contribution in [-0.4, -0.2) is 59.2 Å². The number of phenolic OH excluding ortho intramolecular Hbond substituents is 1. The SMILES string of the molecule is CN(C)[C@H](CNC(=O)NCCc1cnc[nH]1)Cc1ccc(O)cc1. The van der Waals surface area contributed by atoms with Crippen LogP contribution in [0.5, 0.6) is 5.75 Å². The highest BCUT2D eigenvalue weighted by Crippen LogP contribution is 2.12. The van der Waals surface area contributed by atoms with E-state index in [-0.39, 0.29) is 17.8 Å². The Kier molecular flexibility index (Phi) is 6.62. The Morgan fingerprint density at radius 2 is 2.04 bits per heavy atom. The van der Waals surface area contributed by atoms with Gasteiger partial charge in [0.25, 0.3) is 0 Å². The van der Waals surface area contributed by atoms with Crippen LogP contribution < -0.4 is 10.6 Å². The summed E-state index contributed by atoms with van der Waals surface area (Å²) >= 11 is 0. The molecule has 0 unspecified atom stereocenters. The van der Waals surface area contributed by atoms with Crippen LogP contribution in [0.3, 0.4) is 0 Å². The molecule has 0 aliphatic rings. The molecule has 7 heteroatoms. The molecule has 2 amide bonds. The third-order valence-electron chi connectivity index (χ3n) is 3.87. The van der Waals surface area contributed by atoms with Gasteiger partial charge in [-0.2, -0.15) is 0 Å². The normalized spacial score (nSPS) is 12.1. The van der Waals surface area contributed by atoms with Crippen molar-refractivity contribution in [1.29, 1.82) is 0 Å². The van der Waals surface area contributed by atoms with Crippen molar-refractivity contribution in [3.63, 3.8) is 0 Å². The number of carbonyl (C=O) groups is 1. The van der Waals surface area contributed by atoms with Gasteiger partial charge in [-0.05, 0) is 38.2 Å². The Morgan fingerprint density at radius 3 is 2.67 bits per heavy atom. The summed E-state index contributed by atoms with van der Waals surface area (Å²) in [4.78, 5) is 20.9. The number of aromatic hydroxyl groups is 1. The topological polar surface area (TPSA) is 93.3 Å². The molecule has 130 valence electrons. The third-order valence-corrected chi connectivity index (χ3v) is 3.87. The van der Waals surface area contributed by atoms with E-state index in [4.69, 9.17) is 0 Å². The molecule has 2 aromatic rings. The molecule has 0 saturated heterocycles. The fourth-order valence-corrected chi connectivity index (χ4v) is 2.35. The molecule has 1 heterocycles. The van der Waals surface area contributed by atoms with Gasteiger partial charge in [-0.1, -0.05) is 12.1 Å². The highest BCUT2D eigenvalue weighted by atomic mass is 16.3. The number of hydrogen-bond acceptors (Lipinski definition) is 4. The number of benzene rings is 1. The maximum atomic E-state index is 11.9. The first-order valence-electron chi connectivity index (χ1n) is 7.98. The number of rotatable bonds is 8. The molecule has 7 nitrogen and oxygen atoms in total. The van der Waals surface area contributed by atoms with E-state index >= 15 is 0 Å². The molecular weight excluding hydrogens is 306 g/mol. The molecule has 1 aromatic carbocycles. The zero-order valence-electron chi connectivity index (χ0n) is 14.1. The van der Waals surface area contributed by atoms with Crippen LogP contribution in [0.4, 0.5) is 4.79 Å². The van der Waals surface area contributed by atoms with Crippen LogP contribution >= 0.6 is 0 Å². The van der Waals surface area contributed by atoms with E-state index in [0.717, 1.165) is 24.1 Å². The first-order chi connectivity index (χ1) is 11.5. The van der Waals surface area contributed by atoms with Gasteiger partial charge in [-0.25, -0.2) is 9.78 Å². The van der Waals surface area contributed by atoms with Gasteiger partial charge >= 0.3 is 6.03 Å². The van der Waals surface area contributed by atoms with Gasteiger partial charge in [0, 0.05) is 37.4 Å². The number of nitrogens with one attached hydrogen (secondary N) is 3. The average molecular weight is 331 g/mol. The van der Waals surface area contributed by atoms with Crippen molar-refractivity contribution in [3.8, 4) is 5.75 Å². The van der Waals surface area contributed by atoms with E-state index in [1.54, 1.807) is 24.7 Å². The number of urea groups is 1. The highest BCUT2D eigenvalue weighted by Gasteiger charge is 2.13. The van der Waals surface area contributed by atoms with Gasteiger partial charge in [-0.15, -0.1) is 0 Å². The summed E-state index contributed by atoms with van der Waals surface area (Å²) in [7, 11) is 3.98. The second-order valence-electron chi connectivity index (χ2n) is 5.95. The van der Waals surface area contributed by atoms with E-state index in [1.807, 2.05) is 26.2 Å². The Bertz CT molecular complexity index is 610. The van der Waals surface area contributed by atoms with E-state index in [0.29, 0.717) is 13.1 Å². The minimum Gasteiger partial charge on any atom is -0.508 e. The summed E-state index contributed by atoms with van der Waals surface area (Å²) in [5.74, 6) is 0.259. The molecular formula is C17H25N5O2. The standard InChI is InChI=1S/C17H25N5O2/c1-22(2)15(9-13-3-5-16(23)6-4-13)11-20-17(24)19-8-7-14-10-18-12-21-14/h3-6,10,12,15,23H,7-9,11H2,1-2H3,(H,18,21)(H2,19,20,24)/t15-/m0/s1.